The lowest BCUT2D eigenvalue weighted by atomic mass is 10.3. The third kappa shape index (κ3) is 2.05. The van der Waals surface area contributed by atoms with Crippen molar-refractivity contribution in [2.75, 3.05) is 19.3 Å². The zero-order valence-electron chi connectivity index (χ0n) is 9.94. The van der Waals surface area contributed by atoms with Crippen LogP contribution in [0.4, 0.5) is 5.69 Å². The molecule has 1 aliphatic carbocycles. The van der Waals surface area contributed by atoms with Gasteiger partial charge < -0.3 is 15.2 Å². The summed E-state index contributed by atoms with van der Waals surface area (Å²) in [6, 6.07) is 2.28. The second-order valence-corrected chi connectivity index (χ2v) is 4.52. The highest BCUT2D eigenvalue weighted by atomic mass is 16.2. The first-order chi connectivity index (χ1) is 7.63. The van der Waals surface area contributed by atoms with E-state index in [0.29, 0.717) is 11.7 Å². The Morgan fingerprint density at radius 3 is 2.88 bits per heavy atom. The first kappa shape index (κ1) is 11.0. The van der Waals surface area contributed by atoms with Crippen LogP contribution in [0.5, 0.6) is 0 Å². The number of carbonyl (C=O) groups excluding carboxylic acids is 1. The molecule has 0 atom stereocenters. The topological polar surface area (TPSA) is 51.3 Å². The van der Waals surface area contributed by atoms with E-state index in [0.717, 1.165) is 31.5 Å². The van der Waals surface area contributed by atoms with Crippen molar-refractivity contribution in [2.24, 2.45) is 0 Å². The van der Waals surface area contributed by atoms with E-state index in [-0.39, 0.29) is 5.91 Å². The fourth-order valence-electron chi connectivity index (χ4n) is 1.96. The van der Waals surface area contributed by atoms with Crippen LogP contribution in [0.1, 0.15) is 42.7 Å². The number of nitrogens with two attached hydrogens (primary N) is 1. The second-order valence-electron chi connectivity index (χ2n) is 4.52. The molecular weight excluding hydrogens is 202 g/mol. The number of hydrogen-bond acceptors (Lipinski definition) is 2. The van der Waals surface area contributed by atoms with Crippen LogP contribution in [0.2, 0.25) is 0 Å². The fraction of sp³-hybridized carbons (Fsp3) is 0.583. The number of aromatic nitrogens is 1. The van der Waals surface area contributed by atoms with Crippen molar-refractivity contribution >= 4 is 11.6 Å². The molecule has 4 heteroatoms. The van der Waals surface area contributed by atoms with Crippen molar-refractivity contribution < 1.29 is 4.79 Å². The molecule has 88 valence electrons. The van der Waals surface area contributed by atoms with Crippen LogP contribution in [-0.2, 0) is 0 Å². The summed E-state index contributed by atoms with van der Waals surface area (Å²) in [5.41, 5.74) is 7.18. The van der Waals surface area contributed by atoms with Crippen LogP contribution in [0.3, 0.4) is 0 Å². The number of rotatable bonds is 4. The zero-order chi connectivity index (χ0) is 11.7. The average Bonchev–Trinajstić information content (AvgIpc) is 3.01. The summed E-state index contributed by atoms with van der Waals surface area (Å²) in [4.78, 5) is 13.9. The monoisotopic (exact) mass is 221 g/mol. The van der Waals surface area contributed by atoms with Gasteiger partial charge in [-0.1, -0.05) is 6.92 Å². The molecule has 1 fully saturated rings. The van der Waals surface area contributed by atoms with Gasteiger partial charge in [-0.3, -0.25) is 4.79 Å². The quantitative estimate of drug-likeness (QED) is 0.844. The molecule has 0 bridgehead atoms. The van der Waals surface area contributed by atoms with Gasteiger partial charge >= 0.3 is 0 Å². The standard InChI is InChI=1S/C12H19N3O/c1-3-6-14(2)12(16)11-7-9(13)8-15(11)10-4-5-10/h7-8,10H,3-6,13H2,1-2H3. The van der Waals surface area contributed by atoms with Crippen molar-refractivity contribution in [3.05, 3.63) is 18.0 Å². The predicted octanol–water partition coefficient (Wildman–Crippen LogP) is 1.89. The van der Waals surface area contributed by atoms with Crippen LogP contribution >= 0.6 is 0 Å². The van der Waals surface area contributed by atoms with Gasteiger partial charge in [-0.2, -0.15) is 0 Å². The number of amides is 1. The Kier molecular flexibility index (Phi) is 2.90. The first-order valence-corrected chi connectivity index (χ1v) is 5.86. The molecule has 0 aliphatic heterocycles. The largest absolute Gasteiger partial charge is 0.397 e. The minimum atomic E-state index is 0.0745. The van der Waals surface area contributed by atoms with E-state index in [1.165, 1.54) is 0 Å². The van der Waals surface area contributed by atoms with Crippen LogP contribution in [0.25, 0.3) is 0 Å². The van der Waals surface area contributed by atoms with Gasteiger partial charge in [-0.15, -0.1) is 0 Å². The van der Waals surface area contributed by atoms with E-state index in [4.69, 9.17) is 5.73 Å². The van der Waals surface area contributed by atoms with Gasteiger partial charge in [0.2, 0.25) is 0 Å². The van der Waals surface area contributed by atoms with Gasteiger partial charge in [0.25, 0.3) is 5.91 Å². The van der Waals surface area contributed by atoms with Crippen molar-refractivity contribution in [1.82, 2.24) is 9.47 Å². The molecule has 1 saturated carbocycles. The third-order valence-corrected chi connectivity index (χ3v) is 2.93. The first-order valence-electron chi connectivity index (χ1n) is 5.86. The summed E-state index contributed by atoms with van der Waals surface area (Å²) in [6.45, 7) is 2.85. The Morgan fingerprint density at radius 2 is 2.31 bits per heavy atom. The SMILES string of the molecule is CCCN(C)C(=O)c1cc(N)cn1C1CC1. The van der Waals surface area contributed by atoms with Crippen LogP contribution in [0, 0.1) is 0 Å². The Morgan fingerprint density at radius 1 is 1.62 bits per heavy atom. The predicted molar refractivity (Wildman–Crippen MR) is 64.4 cm³/mol. The van der Waals surface area contributed by atoms with Crippen LogP contribution in [-0.4, -0.2) is 29.0 Å². The van der Waals surface area contributed by atoms with E-state index in [1.807, 2.05) is 17.8 Å². The molecule has 0 radical (unpaired) electrons. The number of anilines is 1. The van der Waals surface area contributed by atoms with E-state index < -0.39 is 0 Å². The minimum Gasteiger partial charge on any atom is -0.397 e. The van der Waals surface area contributed by atoms with Crippen molar-refractivity contribution in [2.45, 2.75) is 32.2 Å². The molecule has 4 nitrogen and oxygen atoms in total. The maximum atomic E-state index is 12.2. The molecule has 1 aromatic rings. The third-order valence-electron chi connectivity index (χ3n) is 2.93. The highest BCUT2D eigenvalue weighted by Gasteiger charge is 2.28. The molecule has 1 aromatic heterocycles. The molecule has 16 heavy (non-hydrogen) atoms. The van der Waals surface area contributed by atoms with Crippen molar-refractivity contribution in [3.8, 4) is 0 Å². The Labute approximate surface area is 96.0 Å². The minimum absolute atomic E-state index is 0.0745. The number of carbonyl (C=O) groups is 1. The maximum Gasteiger partial charge on any atom is 0.270 e. The summed E-state index contributed by atoms with van der Waals surface area (Å²) in [6.07, 6.45) is 5.17. The molecule has 2 rings (SSSR count). The van der Waals surface area contributed by atoms with E-state index in [9.17, 15) is 4.79 Å². The summed E-state index contributed by atoms with van der Waals surface area (Å²) >= 11 is 0. The molecule has 0 unspecified atom stereocenters. The zero-order valence-corrected chi connectivity index (χ0v) is 9.94. The number of nitrogen functional groups attached to an aromatic ring is 1. The molecule has 0 saturated heterocycles. The van der Waals surface area contributed by atoms with Crippen molar-refractivity contribution in [1.29, 1.82) is 0 Å². The smallest absolute Gasteiger partial charge is 0.270 e. The van der Waals surface area contributed by atoms with Gasteiger partial charge in [0.05, 0.1) is 5.69 Å². The Hall–Kier alpha value is -1.45. The summed E-state index contributed by atoms with van der Waals surface area (Å²) in [5, 5.41) is 0. The van der Waals surface area contributed by atoms with Gasteiger partial charge in [0.15, 0.2) is 0 Å². The summed E-state index contributed by atoms with van der Waals surface area (Å²) in [7, 11) is 1.84. The second kappa shape index (κ2) is 4.20. The highest BCUT2D eigenvalue weighted by molar-refractivity contribution is 5.93. The van der Waals surface area contributed by atoms with Gasteiger partial charge in [0, 0.05) is 25.8 Å². The highest BCUT2D eigenvalue weighted by Crippen LogP contribution is 2.37. The van der Waals surface area contributed by atoms with E-state index >= 15 is 0 Å². The van der Waals surface area contributed by atoms with Crippen LogP contribution < -0.4 is 5.73 Å². The molecule has 0 spiro atoms. The summed E-state index contributed by atoms with van der Waals surface area (Å²) < 4.78 is 2.03. The molecular formula is C12H19N3O. The number of hydrogen-bond donors (Lipinski definition) is 1. The van der Waals surface area contributed by atoms with Gasteiger partial charge in [-0.05, 0) is 25.3 Å². The van der Waals surface area contributed by atoms with Crippen molar-refractivity contribution in [3.63, 3.8) is 0 Å². The lowest BCUT2D eigenvalue weighted by Crippen LogP contribution is -2.29. The normalized spacial score (nSPS) is 15.1. The molecule has 2 N–H and O–H groups in total. The molecule has 0 aromatic carbocycles. The number of nitrogens with zero attached hydrogens (tertiary/aromatic N) is 2. The van der Waals surface area contributed by atoms with E-state index in [2.05, 4.69) is 6.92 Å². The van der Waals surface area contributed by atoms with Gasteiger partial charge in [-0.25, -0.2) is 0 Å². The molecule has 1 heterocycles. The lowest BCUT2D eigenvalue weighted by molar-refractivity contribution is 0.0784. The van der Waals surface area contributed by atoms with Crippen LogP contribution in [0.15, 0.2) is 12.3 Å². The average molecular weight is 221 g/mol. The fourth-order valence-corrected chi connectivity index (χ4v) is 1.96. The molecule has 1 aliphatic rings. The van der Waals surface area contributed by atoms with Gasteiger partial charge in [0.1, 0.15) is 5.69 Å². The summed E-state index contributed by atoms with van der Waals surface area (Å²) in [5.74, 6) is 0.0745. The van der Waals surface area contributed by atoms with E-state index in [1.54, 1.807) is 11.0 Å². The Bertz CT molecular complexity index is 393. The maximum absolute atomic E-state index is 12.2. The Balaban J connectivity index is 2.21. The lowest BCUT2D eigenvalue weighted by Gasteiger charge is -2.17. The molecule has 1 amide bonds.